The van der Waals surface area contributed by atoms with Gasteiger partial charge in [-0.15, -0.1) is 0 Å². The van der Waals surface area contributed by atoms with Gasteiger partial charge in [0.05, 0.1) is 11.9 Å². The quantitative estimate of drug-likeness (QED) is 0.778. The average Bonchev–Trinajstić information content (AvgIpc) is 2.52. The summed E-state index contributed by atoms with van der Waals surface area (Å²) >= 11 is 0. The number of fused-ring (bicyclic) bond motifs is 1. The monoisotopic (exact) mass is 340 g/mol. The van der Waals surface area contributed by atoms with Crippen molar-refractivity contribution in [3.63, 3.8) is 0 Å². The van der Waals surface area contributed by atoms with E-state index in [9.17, 15) is 13.5 Å². The summed E-state index contributed by atoms with van der Waals surface area (Å²) in [5.74, 6) is 0.157. The average molecular weight is 340 g/mol. The summed E-state index contributed by atoms with van der Waals surface area (Å²) in [5.41, 5.74) is 2.67. The smallest absolute Gasteiger partial charge is 0.213 e. The van der Waals surface area contributed by atoms with Crippen molar-refractivity contribution in [3.8, 4) is 0 Å². The minimum atomic E-state index is -3.25. The van der Waals surface area contributed by atoms with E-state index in [1.165, 1.54) is 15.4 Å². The molecule has 1 atom stereocenters. The lowest BCUT2D eigenvalue weighted by atomic mass is 10.00. The van der Waals surface area contributed by atoms with Gasteiger partial charge in [-0.2, -0.15) is 0 Å². The number of aliphatic hydroxyl groups excluding tert-OH is 1. The summed E-state index contributed by atoms with van der Waals surface area (Å²) in [7, 11) is -1.70. The summed E-state index contributed by atoms with van der Waals surface area (Å²) in [5, 5.41) is 10.3. The van der Waals surface area contributed by atoms with Gasteiger partial charge >= 0.3 is 0 Å². The first kappa shape index (κ1) is 18.4. The van der Waals surface area contributed by atoms with Crippen molar-refractivity contribution < 1.29 is 13.5 Å². The molecule has 0 aliphatic carbocycles. The van der Waals surface area contributed by atoms with E-state index >= 15 is 0 Å². The number of β-amino-alcohol motifs (C(OH)–C–C–N with tert-alkyl or cyclic N) is 1. The van der Waals surface area contributed by atoms with Crippen molar-refractivity contribution in [1.29, 1.82) is 0 Å². The van der Waals surface area contributed by atoms with Crippen LogP contribution in [0.3, 0.4) is 0 Å². The molecule has 5 nitrogen and oxygen atoms in total. The summed E-state index contributed by atoms with van der Waals surface area (Å²) in [4.78, 5) is 2.19. The van der Waals surface area contributed by atoms with Gasteiger partial charge in [-0.25, -0.2) is 12.7 Å². The maximum atomic E-state index is 12.1. The molecule has 130 valence electrons. The highest BCUT2D eigenvalue weighted by molar-refractivity contribution is 7.89. The maximum absolute atomic E-state index is 12.1. The van der Waals surface area contributed by atoms with Crippen LogP contribution < -0.4 is 0 Å². The minimum absolute atomic E-state index is 0.157. The highest BCUT2D eigenvalue weighted by atomic mass is 32.2. The van der Waals surface area contributed by atoms with Gasteiger partial charge in [0.15, 0.2) is 0 Å². The van der Waals surface area contributed by atoms with Gasteiger partial charge < -0.3 is 5.11 Å². The molecule has 1 aromatic rings. The lowest BCUT2D eigenvalue weighted by Crippen LogP contribution is -2.43. The van der Waals surface area contributed by atoms with E-state index in [0.29, 0.717) is 13.0 Å². The maximum Gasteiger partial charge on any atom is 0.213 e. The number of likely N-dealkylation sites (N-methyl/N-ethyl adjacent to an activating group) is 1. The molecule has 0 saturated heterocycles. The zero-order chi connectivity index (χ0) is 16.9. The van der Waals surface area contributed by atoms with Gasteiger partial charge in [0.1, 0.15) is 0 Å². The van der Waals surface area contributed by atoms with Crippen LogP contribution in [0.4, 0.5) is 0 Å². The summed E-state index contributed by atoms with van der Waals surface area (Å²) in [6, 6.07) is 8.36. The fourth-order valence-electron chi connectivity index (χ4n) is 2.96. The van der Waals surface area contributed by atoms with Gasteiger partial charge in [0.2, 0.25) is 10.0 Å². The van der Waals surface area contributed by atoms with Crippen molar-refractivity contribution in [2.24, 2.45) is 0 Å². The van der Waals surface area contributed by atoms with Crippen LogP contribution >= 0.6 is 0 Å². The zero-order valence-corrected chi connectivity index (χ0v) is 14.9. The van der Waals surface area contributed by atoms with E-state index in [2.05, 4.69) is 23.1 Å². The molecular formula is C17H28N2O3S. The SMILES string of the molecule is CCCCS(=O)(=O)N(C)CC(O)CN1CCc2ccccc2C1. The van der Waals surface area contributed by atoms with Crippen LogP contribution in [0.5, 0.6) is 0 Å². The normalized spacial score (nSPS) is 17.2. The Balaban J connectivity index is 1.84. The van der Waals surface area contributed by atoms with E-state index in [1.807, 2.05) is 13.0 Å². The van der Waals surface area contributed by atoms with Crippen LogP contribution in [0.25, 0.3) is 0 Å². The molecule has 0 bridgehead atoms. The molecule has 0 spiro atoms. The predicted molar refractivity (Wildman–Crippen MR) is 92.8 cm³/mol. The van der Waals surface area contributed by atoms with Crippen LogP contribution in [-0.4, -0.2) is 61.3 Å². The molecular weight excluding hydrogens is 312 g/mol. The van der Waals surface area contributed by atoms with Crippen LogP contribution in [-0.2, 0) is 23.0 Å². The van der Waals surface area contributed by atoms with Gasteiger partial charge in [0, 0.05) is 33.2 Å². The number of nitrogens with zero attached hydrogens (tertiary/aromatic N) is 2. The lowest BCUT2D eigenvalue weighted by molar-refractivity contribution is 0.0927. The molecule has 0 saturated carbocycles. The third-order valence-corrected chi connectivity index (χ3v) is 6.28. The Labute approximate surface area is 140 Å². The molecule has 0 aromatic heterocycles. The Kier molecular flexibility index (Phi) is 6.59. The standard InChI is InChI=1S/C17H28N2O3S/c1-3-4-11-23(21,22)18(2)13-17(20)14-19-10-9-15-7-5-6-8-16(15)12-19/h5-8,17,20H,3-4,9-14H2,1-2H3. The van der Waals surface area contributed by atoms with Crippen molar-refractivity contribution in [2.75, 3.05) is 32.4 Å². The Bertz CT molecular complexity index is 604. The fraction of sp³-hybridized carbons (Fsp3) is 0.647. The second kappa shape index (κ2) is 8.24. The number of benzene rings is 1. The van der Waals surface area contributed by atoms with Gasteiger partial charge in [0.25, 0.3) is 0 Å². The predicted octanol–water partition coefficient (Wildman–Crippen LogP) is 1.47. The molecule has 0 radical (unpaired) electrons. The van der Waals surface area contributed by atoms with Gasteiger partial charge in [-0.1, -0.05) is 37.6 Å². The van der Waals surface area contributed by atoms with E-state index in [-0.39, 0.29) is 12.3 Å². The number of unbranched alkanes of at least 4 members (excludes halogenated alkanes) is 1. The third-order valence-electron chi connectivity index (χ3n) is 4.38. The largest absolute Gasteiger partial charge is 0.390 e. The Morgan fingerprint density at radius 3 is 2.70 bits per heavy atom. The van der Waals surface area contributed by atoms with Crippen LogP contribution in [0.2, 0.25) is 0 Å². The van der Waals surface area contributed by atoms with Crippen LogP contribution in [0.1, 0.15) is 30.9 Å². The number of hydrogen-bond donors (Lipinski definition) is 1. The Hall–Kier alpha value is -0.950. The Morgan fingerprint density at radius 2 is 2.00 bits per heavy atom. The molecule has 1 N–H and O–H groups in total. The van der Waals surface area contributed by atoms with E-state index in [4.69, 9.17) is 0 Å². The van der Waals surface area contributed by atoms with Gasteiger partial charge in [-0.05, 0) is 24.0 Å². The molecule has 1 unspecified atom stereocenters. The Morgan fingerprint density at radius 1 is 1.30 bits per heavy atom. The fourth-order valence-corrected chi connectivity index (χ4v) is 4.32. The number of rotatable bonds is 8. The van der Waals surface area contributed by atoms with Crippen molar-refractivity contribution in [3.05, 3.63) is 35.4 Å². The minimum Gasteiger partial charge on any atom is -0.390 e. The van der Waals surface area contributed by atoms with E-state index in [1.54, 1.807) is 7.05 Å². The van der Waals surface area contributed by atoms with Gasteiger partial charge in [-0.3, -0.25) is 4.90 Å². The van der Waals surface area contributed by atoms with E-state index in [0.717, 1.165) is 25.9 Å². The van der Waals surface area contributed by atoms with E-state index < -0.39 is 16.1 Å². The second-order valence-corrected chi connectivity index (χ2v) is 8.55. The molecule has 1 aromatic carbocycles. The lowest BCUT2D eigenvalue weighted by Gasteiger charge is -2.31. The third kappa shape index (κ3) is 5.28. The number of aliphatic hydroxyl groups is 1. The zero-order valence-electron chi connectivity index (χ0n) is 14.1. The molecule has 0 amide bonds. The van der Waals surface area contributed by atoms with Crippen molar-refractivity contribution in [2.45, 2.75) is 38.8 Å². The topological polar surface area (TPSA) is 60.9 Å². The molecule has 1 heterocycles. The molecule has 23 heavy (non-hydrogen) atoms. The van der Waals surface area contributed by atoms with Crippen LogP contribution in [0, 0.1) is 0 Å². The highest BCUT2D eigenvalue weighted by Gasteiger charge is 2.23. The first-order valence-electron chi connectivity index (χ1n) is 8.33. The van der Waals surface area contributed by atoms with Crippen LogP contribution in [0.15, 0.2) is 24.3 Å². The molecule has 1 aliphatic heterocycles. The summed E-state index contributed by atoms with van der Waals surface area (Å²) in [6.45, 7) is 4.35. The van der Waals surface area contributed by atoms with Crippen molar-refractivity contribution in [1.82, 2.24) is 9.21 Å². The molecule has 1 aliphatic rings. The number of sulfonamides is 1. The molecule has 0 fully saturated rings. The molecule has 2 rings (SSSR count). The highest BCUT2D eigenvalue weighted by Crippen LogP contribution is 2.18. The first-order valence-corrected chi connectivity index (χ1v) is 9.94. The summed E-state index contributed by atoms with van der Waals surface area (Å²) in [6.07, 6.45) is 1.82. The molecule has 6 heteroatoms. The summed E-state index contributed by atoms with van der Waals surface area (Å²) < 4.78 is 25.5. The van der Waals surface area contributed by atoms with Crippen molar-refractivity contribution >= 4 is 10.0 Å². The first-order chi connectivity index (χ1) is 10.9. The number of hydrogen-bond acceptors (Lipinski definition) is 4. The second-order valence-electron chi connectivity index (χ2n) is 6.36.